The normalized spacial score (nSPS) is 10.5. The van der Waals surface area contributed by atoms with E-state index in [0.29, 0.717) is 12.0 Å². The van der Waals surface area contributed by atoms with E-state index in [-0.39, 0.29) is 0 Å². The maximum absolute atomic E-state index is 10.5. The Morgan fingerprint density at radius 1 is 1.36 bits per heavy atom. The fourth-order valence-corrected chi connectivity index (χ4v) is 1.21. The third-order valence-electron chi connectivity index (χ3n) is 2.31. The van der Waals surface area contributed by atoms with Crippen molar-refractivity contribution in [2.75, 3.05) is 19.6 Å². The Labute approximate surface area is 86.4 Å². The number of rotatable bonds is 8. The molecule has 3 nitrogen and oxygen atoms in total. The number of carboxylic acids is 1. The highest BCUT2D eigenvalue weighted by molar-refractivity contribution is 5.85. The van der Waals surface area contributed by atoms with Crippen molar-refractivity contribution in [1.29, 1.82) is 0 Å². The van der Waals surface area contributed by atoms with E-state index in [4.69, 9.17) is 5.11 Å². The Morgan fingerprint density at radius 2 is 2.00 bits per heavy atom. The minimum absolute atomic E-state index is 0.306. The van der Waals surface area contributed by atoms with Gasteiger partial charge in [-0.2, -0.15) is 0 Å². The molecule has 0 aliphatic heterocycles. The van der Waals surface area contributed by atoms with E-state index in [1.807, 2.05) is 0 Å². The molecule has 0 bridgehead atoms. The molecule has 0 saturated carbocycles. The summed E-state index contributed by atoms with van der Waals surface area (Å²) in [6.07, 6.45) is 2.91. The SMILES string of the molecule is C=C(CCN(CC)CCCC)C(=O)O. The molecule has 0 aliphatic carbocycles. The van der Waals surface area contributed by atoms with Crippen molar-refractivity contribution in [3.05, 3.63) is 12.2 Å². The molecule has 0 fully saturated rings. The van der Waals surface area contributed by atoms with Crippen LogP contribution < -0.4 is 0 Å². The van der Waals surface area contributed by atoms with E-state index in [2.05, 4.69) is 25.3 Å². The molecule has 0 atom stereocenters. The molecule has 0 aliphatic rings. The highest BCUT2D eigenvalue weighted by Gasteiger charge is 2.06. The topological polar surface area (TPSA) is 40.5 Å². The minimum Gasteiger partial charge on any atom is -0.478 e. The van der Waals surface area contributed by atoms with Gasteiger partial charge in [-0.1, -0.05) is 26.8 Å². The zero-order valence-corrected chi connectivity index (χ0v) is 9.25. The average molecular weight is 199 g/mol. The van der Waals surface area contributed by atoms with Crippen LogP contribution in [0.25, 0.3) is 0 Å². The smallest absolute Gasteiger partial charge is 0.331 e. The summed E-state index contributed by atoms with van der Waals surface area (Å²) in [6.45, 7) is 10.6. The van der Waals surface area contributed by atoms with Crippen molar-refractivity contribution in [3.8, 4) is 0 Å². The van der Waals surface area contributed by atoms with E-state index in [9.17, 15) is 4.79 Å². The van der Waals surface area contributed by atoms with Gasteiger partial charge in [0.25, 0.3) is 0 Å². The van der Waals surface area contributed by atoms with Crippen LogP contribution in [0.4, 0.5) is 0 Å². The second kappa shape index (κ2) is 7.56. The standard InChI is InChI=1S/C11H21NO2/c1-4-6-8-12(5-2)9-7-10(3)11(13)14/h3-9H2,1-2H3,(H,13,14). The molecule has 0 saturated heterocycles. The van der Waals surface area contributed by atoms with Crippen LogP contribution in [0.3, 0.4) is 0 Å². The van der Waals surface area contributed by atoms with Gasteiger partial charge < -0.3 is 10.0 Å². The molecule has 0 aromatic heterocycles. The van der Waals surface area contributed by atoms with Gasteiger partial charge in [0.2, 0.25) is 0 Å². The van der Waals surface area contributed by atoms with Gasteiger partial charge in [-0.05, 0) is 25.9 Å². The summed E-state index contributed by atoms with van der Waals surface area (Å²) in [4.78, 5) is 12.8. The van der Waals surface area contributed by atoms with Crippen LogP contribution in [-0.2, 0) is 4.79 Å². The Kier molecular flexibility index (Phi) is 7.11. The maximum Gasteiger partial charge on any atom is 0.331 e. The average Bonchev–Trinajstić information content (AvgIpc) is 2.17. The monoisotopic (exact) mass is 199 g/mol. The highest BCUT2D eigenvalue weighted by Crippen LogP contribution is 2.02. The molecule has 0 amide bonds. The molecule has 0 radical (unpaired) electrons. The largest absolute Gasteiger partial charge is 0.478 e. The zero-order valence-electron chi connectivity index (χ0n) is 9.25. The number of aliphatic carboxylic acids is 1. The first kappa shape index (κ1) is 13.2. The first-order valence-electron chi connectivity index (χ1n) is 5.25. The molecule has 0 rings (SSSR count). The lowest BCUT2D eigenvalue weighted by molar-refractivity contribution is -0.132. The highest BCUT2D eigenvalue weighted by atomic mass is 16.4. The van der Waals surface area contributed by atoms with Gasteiger partial charge >= 0.3 is 5.97 Å². The molecule has 0 unspecified atom stereocenters. The van der Waals surface area contributed by atoms with Gasteiger partial charge in [0.15, 0.2) is 0 Å². The Hall–Kier alpha value is -0.830. The Bertz CT molecular complexity index is 190. The second-order valence-corrected chi connectivity index (χ2v) is 3.45. The van der Waals surface area contributed by atoms with E-state index in [1.165, 1.54) is 12.8 Å². The molecule has 0 spiro atoms. The number of unbranched alkanes of at least 4 members (excludes halogenated alkanes) is 1. The van der Waals surface area contributed by atoms with Crippen molar-refractivity contribution < 1.29 is 9.90 Å². The van der Waals surface area contributed by atoms with Gasteiger partial charge in [0, 0.05) is 12.1 Å². The zero-order chi connectivity index (χ0) is 11.0. The van der Waals surface area contributed by atoms with E-state index < -0.39 is 5.97 Å². The molecule has 82 valence electrons. The summed E-state index contributed by atoms with van der Waals surface area (Å²) < 4.78 is 0. The van der Waals surface area contributed by atoms with Crippen LogP contribution in [0.2, 0.25) is 0 Å². The van der Waals surface area contributed by atoms with E-state index in [0.717, 1.165) is 19.6 Å². The van der Waals surface area contributed by atoms with Crippen molar-refractivity contribution >= 4 is 5.97 Å². The fraction of sp³-hybridized carbons (Fsp3) is 0.727. The molecule has 0 heterocycles. The molecule has 3 heteroatoms. The minimum atomic E-state index is -0.878. The van der Waals surface area contributed by atoms with Gasteiger partial charge in [0.05, 0.1) is 0 Å². The summed E-state index contributed by atoms with van der Waals surface area (Å²) >= 11 is 0. The number of hydrogen-bond donors (Lipinski definition) is 1. The van der Waals surface area contributed by atoms with Crippen LogP contribution in [0.15, 0.2) is 12.2 Å². The third-order valence-corrected chi connectivity index (χ3v) is 2.31. The number of carbonyl (C=O) groups is 1. The lowest BCUT2D eigenvalue weighted by Gasteiger charge is -2.19. The summed E-state index contributed by atoms with van der Waals surface area (Å²) in [5.41, 5.74) is 0.306. The quantitative estimate of drug-likeness (QED) is 0.609. The summed E-state index contributed by atoms with van der Waals surface area (Å²) in [5.74, 6) is -0.878. The molecule has 1 N–H and O–H groups in total. The Balaban J connectivity index is 3.71. The van der Waals surface area contributed by atoms with Crippen molar-refractivity contribution in [2.45, 2.75) is 33.1 Å². The predicted octanol–water partition coefficient (Wildman–Crippen LogP) is 2.14. The van der Waals surface area contributed by atoms with Crippen LogP contribution in [-0.4, -0.2) is 35.6 Å². The maximum atomic E-state index is 10.5. The number of hydrogen-bond acceptors (Lipinski definition) is 2. The number of carboxylic acid groups (broad SMARTS) is 1. The predicted molar refractivity (Wildman–Crippen MR) is 58.4 cm³/mol. The first-order chi connectivity index (χ1) is 6.61. The van der Waals surface area contributed by atoms with E-state index >= 15 is 0 Å². The van der Waals surface area contributed by atoms with Crippen molar-refractivity contribution in [2.24, 2.45) is 0 Å². The van der Waals surface area contributed by atoms with Crippen LogP contribution in [0, 0.1) is 0 Å². The Morgan fingerprint density at radius 3 is 2.43 bits per heavy atom. The lowest BCUT2D eigenvalue weighted by atomic mass is 10.2. The molecule has 0 aromatic carbocycles. The molecular weight excluding hydrogens is 178 g/mol. The van der Waals surface area contributed by atoms with Crippen LogP contribution >= 0.6 is 0 Å². The summed E-state index contributed by atoms with van der Waals surface area (Å²) in [5, 5.41) is 8.63. The van der Waals surface area contributed by atoms with Crippen molar-refractivity contribution in [1.82, 2.24) is 4.90 Å². The first-order valence-corrected chi connectivity index (χ1v) is 5.25. The summed E-state index contributed by atoms with van der Waals surface area (Å²) in [6, 6.07) is 0. The second-order valence-electron chi connectivity index (χ2n) is 3.45. The fourth-order valence-electron chi connectivity index (χ4n) is 1.21. The van der Waals surface area contributed by atoms with E-state index in [1.54, 1.807) is 0 Å². The third kappa shape index (κ3) is 5.75. The molecule has 14 heavy (non-hydrogen) atoms. The number of nitrogens with zero attached hydrogens (tertiary/aromatic N) is 1. The van der Waals surface area contributed by atoms with Crippen molar-refractivity contribution in [3.63, 3.8) is 0 Å². The molecular formula is C11H21NO2. The van der Waals surface area contributed by atoms with Crippen LogP contribution in [0.5, 0.6) is 0 Å². The lowest BCUT2D eigenvalue weighted by Crippen LogP contribution is -2.26. The van der Waals surface area contributed by atoms with Crippen LogP contribution in [0.1, 0.15) is 33.1 Å². The molecule has 0 aromatic rings. The van der Waals surface area contributed by atoms with Gasteiger partial charge in [-0.15, -0.1) is 0 Å². The van der Waals surface area contributed by atoms with Gasteiger partial charge in [-0.25, -0.2) is 4.79 Å². The summed E-state index contributed by atoms with van der Waals surface area (Å²) in [7, 11) is 0. The van der Waals surface area contributed by atoms with Gasteiger partial charge in [-0.3, -0.25) is 0 Å². The van der Waals surface area contributed by atoms with Gasteiger partial charge in [0.1, 0.15) is 0 Å².